The Balaban J connectivity index is 2.13. The monoisotopic (exact) mass is 298 g/mol. The number of aldehydes is 1. The molecular weight excluding hydrogens is 272 g/mol. The molecule has 1 aliphatic heterocycles. The van der Waals surface area contributed by atoms with Crippen molar-refractivity contribution in [1.29, 1.82) is 0 Å². The second-order valence-electron chi connectivity index (χ2n) is 7.32. The van der Waals surface area contributed by atoms with Crippen molar-refractivity contribution in [3.05, 3.63) is 46.3 Å². The summed E-state index contributed by atoms with van der Waals surface area (Å²) in [6, 6.07) is 0. The van der Waals surface area contributed by atoms with Crippen molar-refractivity contribution in [1.82, 2.24) is 0 Å². The lowest BCUT2D eigenvalue weighted by atomic mass is 9.72. The van der Waals surface area contributed by atoms with E-state index in [1.54, 1.807) is 0 Å². The molecule has 1 heterocycles. The summed E-state index contributed by atoms with van der Waals surface area (Å²) < 4.78 is 6.33. The Labute approximate surface area is 133 Å². The van der Waals surface area contributed by atoms with Crippen molar-refractivity contribution in [3.8, 4) is 0 Å². The molecular formula is C20H26O2. The first-order chi connectivity index (χ1) is 10.5. The van der Waals surface area contributed by atoms with Gasteiger partial charge in [0.2, 0.25) is 0 Å². The van der Waals surface area contributed by atoms with Crippen LogP contribution in [-0.2, 0) is 9.53 Å². The summed E-state index contributed by atoms with van der Waals surface area (Å²) in [7, 11) is 0. The van der Waals surface area contributed by atoms with Gasteiger partial charge < -0.3 is 9.53 Å². The molecule has 2 aliphatic carbocycles. The van der Waals surface area contributed by atoms with Gasteiger partial charge >= 0.3 is 0 Å². The molecule has 0 spiro atoms. The Morgan fingerprint density at radius 1 is 1.36 bits per heavy atom. The minimum Gasteiger partial charge on any atom is -0.483 e. The van der Waals surface area contributed by atoms with Crippen molar-refractivity contribution < 1.29 is 9.53 Å². The van der Waals surface area contributed by atoms with E-state index in [9.17, 15) is 4.79 Å². The van der Waals surface area contributed by atoms with Gasteiger partial charge in [0.25, 0.3) is 0 Å². The summed E-state index contributed by atoms with van der Waals surface area (Å²) in [5.41, 5.74) is 4.79. The lowest BCUT2D eigenvalue weighted by Crippen LogP contribution is -2.35. The fraction of sp³-hybridized carbons (Fsp3) is 0.550. The van der Waals surface area contributed by atoms with E-state index >= 15 is 0 Å². The molecule has 2 heteroatoms. The largest absolute Gasteiger partial charge is 0.483 e. The van der Waals surface area contributed by atoms with E-state index < -0.39 is 0 Å². The molecule has 0 bridgehead atoms. The molecule has 0 aromatic heterocycles. The summed E-state index contributed by atoms with van der Waals surface area (Å²) in [4.78, 5) is 11.7. The number of fused-ring (bicyclic) bond motifs is 1. The molecule has 2 nitrogen and oxygen atoms in total. The summed E-state index contributed by atoms with van der Waals surface area (Å²) in [5, 5.41) is 0. The molecule has 3 rings (SSSR count). The standard InChI is InChI=1S/C20H26O2/c1-5-6-14-10-15(12-21)19-16-9-13(2)7-8-17(16)20(3,4)22-18(19)11-14/h7-8,11-13,15H,5-6,9-10H2,1-4H3. The predicted molar refractivity (Wildman–Crippen MR) is 89.3 cm³/mol. The first kappa shape index (κ1) is 15.3. The minimum absolute atomic E-state index is 0.0404. The number of carbonyl (C=O) groups excluding carboxylic acids is 1. The first-order valence-electron chi connectivity index (χ1n) is 8.46. The van der Waals surface area contributed by atoms with Crippen LogP contribution in [-0.4, -0.2) is 11.9 Å². The highest BCUT2D eigenvalue weighted by atomic mass is 16.5. The molecule has 0 aromatic rings. The van der Waals surface area contributed by atoms with E-state index in [0.717, 1.165) is 43.3 Å². The third-order valence-corrected chi connectivity index (χ3v) is 4.97. The van der Waals surface area contributed by atoms with Crippen LogP contribution in [0.3, 0.4) is 0 Å². The topological polar surface area (TPSA) is 26.3 Å². The Kier molecular flexibility index (Phi) is 3.88. The maximum absolute atomic E-state index is 11.7. The Bertz CT molecular complexity index is 614. The molecule has 118 valence electrons. The van der Waals surface area contributed by atoms with E-state index in [1.165, 1.54) is 16.7 Å². The van der Waals surface area contributed by atoms with Gasteiger partial charge in [-0.1, -0.05) is 38.0 Å². The molecule has 2 atom stereocenters. The van der Waals surface area contributed by atoms with Crippen molar-refractivity contribution in [2.45, 2.75) is 59.0 Å². The zero-order valence-electron chi connectivity index (χ0n) is 14.1. The number of carbonyl (C=O) groups is 1. The number of ether oxygens (including phenoxy) is 1. The third kappa shape index (κ3) is 2.49. The molecule has 2 unspecified atom stereocenters. The highest BCUT2D eigenvalue weighted by molar-refractivity contribution is 5.68. The Morgan fingerprint density at radius 2 is 2.14 bits per heavy atom. The molecule has 0 radical (unpaired) electrons. The number of hydrogen-bond acceptors (Lipinski definition) is 2. The SMILES string of the molecule is CCCC1=CC2=C(C3=C(C=CC(C)C3)C(C)(C)O2)C(C=O)C1. The predicted octanol–water partition coefficient (Wildman–Crippen LogP) is 4.89. The van der Waals surface area contributed by atoms with Gasteiger partial charge in [0.1, 0.15) is 17.6 Å². The molecule has 0 aromatic carbocycles. The Morgan fingerprint density at radius 3 is 2.82 bits per heavy atom. The van der Waals surface area contributed by atoms with Crippen LogP contribution in [0.5, 0.6) is 0 Å². The molecule has 0 fully saturated rings. The average molecular weight is 298 g/mol. The average Bonchev–Trinajstić information content (AvgIpc) is 2.45. The van der Waals surface area contributed by atoms with Gasteiger partial charge in [-0.05, 0) is 56.3 Å². The molecule has 3 aliphatic rings. The number of hydrogen-bond donors (Lipinski definition) is 0. The number of rotatable bonds is 3. The number of allylic oxidation sites excluding steroid dienone is 5. The van der Waals surface area contributed by atoms with Gasteiger partial charge in [-0.2, -0.15) is 0 Å². The van der Waals surface area contributed by atoms with Crippen LogP contribution in [0.25, 0.3) is 0 Å². The first-order valence-corrected chi connectivity index (χ1v) is 8.46. The molecule has 22 heavy (non-hydrogen) atoms. The van der Waals surface area contributed by atoms with Crippen LogP contribution < -0.4 is 0 Å². The summed E-state index contributed by atoms with van der Waals surface area (Å²) >= 11 is 0. The van der Waals surface area contributed by atoms with Gasteiger partial charge in [-0.3, -0.25) is 0 Å². The smallest absolute Gasteiger partial charge is 0.129 e. The van der Waals surface area contributed by atoms with E-state index in [4.69, 9.17) is 4.74 Å². The zero-order chi connectivity index (χ0) is 15.9. The highest BCUT2D eigenvalue weighted by Crippen LogP contribution is 2.48. The lowest BCUT2D eigenvalue weighted by Gasteiger charge is -2.42. The highest BCUT2D eigenvalue weighted by Gasteiger charge is 2.40. The van der Waals surface area contributed by atoms with Gasteiger partial charge in [0, 0.05) is 11.5 Å². The van der Waals surface area contributed by atoms with Gasteiger partial charge in [-0.15, -0.1) is 0 Å². The van der Waals surface area contributed by atoms with Crippen LogP contribution in [0.2, 0.25) is 0 Å². The quantitative estimate of drug-likeness (QED) is 0.694. The van der Waals surface area contributed by atoms with E-state index in [0.29, 0.717) is 5.92 Å². The normalized spacial score (nSPS) is 29.5. The Hall–Kier alpha value is -1.57. The third-order valence-electron chi connectivity index (χ3n) is 4.97. The van der Waals surface area contributed by atoms with Gasteiger partial charge in [-0.25, -0.2) is 0 Å². The van der Waals surface area contributed by atoms with Crippen molar-refractivity contribution in [2.75, 3.05) is 0 Å². The van der Waals surface area contributed by atoms with Crippen LogP contribution in [0.15, 0.2) is 46.3 Å². The van der Waals surface area contributed by atoms with Gasteiger partial charge in [0.05, 0.1) is 0 Å². The molecule has 0 saturated carbocycles. The molecule has 0 saturated heterocycles. The second-order valence-corrected chi connectivity index (χ2v) is 7.32. The van der Waals surface area contributed by atoms with Gasteiger partial charge in [0.15, 0.2) is 0 Å². The second kappa shape index (κ2) is 5.57. The van der Waals surface area contributed by atoms with Crippen molar-refractivity contribution >= 4 is 6.29 Å². The minimum atomic E-state index is -0.316. The summed E-state index contributed by atoms with van der Waals surface area (Å²) in [6.07, 6.45) is 11.8. The fourth-order valence-corrected chi connectivity index (χ4v) is 3.97. The van der Waals surface area contributed by atoms with E-state index in [1.807, 2.05) is 0 Å². The van der Waals surface area contributed by atoms with Crippen LogP contribution in [0.1, 0.15) is 53.4 Å². The summed E-state index contributed by atoms with van der Waals surface area (Å²) in [5.74, 6) is 1.43. The van der Waals surface area contributed by atoms with E-state index in [2.05, 4.69) is 45.9 Å². The zero-order valence-corrected chi connectivity index (χ0v) is 14.1. The van der Waals surface area contributed by atoms with Crippen molar-refractivity contribution in [3.63, 3.8) is 0 Å². The summed E-state index contributed by atoms with van der Waals surface area (Å²) in [6.45, 7) is 8.68. The molecule has 0 amide bonds. The van der Waals surface area contributed by atoms with Crippen molar-refractivity contribution in [2.24, 2.45) is 11.8 Å². The van der Waals surface area contributed by atoms with E-state index in [-0.39, 0.29) is 11.5 Å². The maximum atomic E-state index is 11.7. The van der Waals surface area contributed by atoms with Crippen LogP contribution in [0.4, 0.5) is 0 Å². The molecule has 0 N–H and O–H groups in total. The lowest BCUT2D eigenvalue weighted by molar-refractivity contribution is -0.110. The fourth-order valence-electron chi connectivity index (χ4n) is 3.97. The maximum Gasteiger partial charge on any atom is 0.129 e. The van der Waals surface area contributed by atoms with Crippen LogP contribution >= 0.6 is 0 Å². The van der Waals surface area contributed by atoms with Crippen LogP contribution in [0, 0.1) is 11.8 Å².